The maximum absolute atomic E-state index is 12.4. The van der Waals surface area contributed by atoms with Crippen molar-refractivity contribution in [2.24, 2.45) is 0 Å². The van der Waals surface area contributed by atoms with Crippen molar-refractivity contribution in [3.8, 4) is 0 Å². The third-order valence-electron chi connectivity index (χ3n) is 5.29. The summed E-state index contributed by atoms with van der Waals surface area (Å²) in [5.74, 6) is 0.248. The van der Waals surface area contributed by atoms with Crippen molar-refractivity contribution in [2.75, 3.05) is 45.9 Å². The number of nitrogens with one attached hydrogen (secondary N) is 1. The lowest BCUT2D eigenvalue weighted by atomic mass is 9.79. The van der Waals surface area contributed by atoms with Crippen LogP contribution in [0.4, 0.5) is 0 Å². The summed E-state index contributed by atoms with van der Waals surface area (Å²) in [5.41, 5.74) is 1.42. The van der Waals surface area contributed by atoms with E-state index < -0.39 is 0 Å². The van der Waals surface area contributed by atoms with Crippen LogP contribution in [0, 0.1) is 0 Å². The highest BCUT2D eigenvalue weighted by atomic mass is 16.5. The number of amides is 1. The number of aromatic amines is 1. The predicted molar refractivity (Wildman–Crippen MR) is 92.3 cm³/mol. The zero-order chi connectivity index (χ0) is 17.1. The Balaban J connectivity index is 1.40. The number of hydrogen-bond acceptors (Lipinski definition) is 5. The number of nitrogens with zero attached hydrogens (tertiary/aromatic N) is 4. The first-order valence-corrected chi connectivity index (χ1v) is 8.77. The maximum atomic E-state index is 12.4. The lowest BCUT2D eigenvalue weighted by Crippen LogP contribution is -2.52. The smallest absolute Gasteiger partial charge is 0.291 e. The minimum atomic E-state index is -0.0703. The Kier molecular flexibility index (Phi) is 4.50. The van der Waals surface area contributed by atoms with Gasteiger partial charge in [-0.05, 0) is 12.0 Å². The van der Waals surface area contributed by atoms with Crippen molar-refractivity contribution < 1.29 is 9.53 Å². The summed E-state index contributed by atoms with van der Waals surface area (Å²) in [4.78, 5) is 20.6. The normalized spacial score (nSPS) is 24.6. The molecule has 4 rings (SSSR count). The molecule has 1 aromatic carbocycles. The van der Waals surface area contributed by atoms with E-state index in [2.05, 4.69) is 50.4 Å². The van der Waals surface area contributed by atoms with E-state index >= 15 is 0 Å². The zero-order valence-corrected chi connectivity index (χ0v) is 14.2. The first kappa shape index (κ1) is 16.2. The third kappa shape index (κ3) is 3.29. The molecule has 0 spiro atoms. The molecule has 2 aliphatic rings. The first-order chi connectivity index (χ1) is 12.3. The van der Waals surface area contributed by atoms with Crippen molar-refractivity contribution >= 4 is 5.91 Å². The number of carbonyl (C=O) groups excluding carboxylic acids is 1. The van der Waals surface area contributed by atoms with Crippen LogP contribution < -0.4 is 0 Å². The van der Waals surface area contributed by atoms with Gasteiger partial charge < -0.3 is 9.64 Å². The Labute approximate surface area is 147 Å². The largest absolute Gasteiger partial charge is 0.380 e. The molecule has 1 N–H and O–H groups in total. The quantitative estimate of drug-likeness (QED) is 0.895. The van der Waals surface area contributed by atoms with Crippen LogP contribution in [0.1, 0.15) is 22.6 Å². The van der Waals surface area contributed by atoms with Gasteiger partial charge in [0.15, 0.2) is 0 Å². The highest BCUT2D eigenvalue weighted by Crippen LogP contribution is 2.34. The maximum Gasteiger partial charge on any atom is 0.291 e. The van der Waals surface area contributed by atoms with E-state index in [4.69, 9.17) is 4.74 Å². The highest BCUT2D eigenvalue weighted by Gasteiger charge is 2.39. The van der Waals surface area contributed by atoms with Crippen molar-refractivity contribution in [3.63, 3.8) is 0 Å². The minimum Gasteiger partial charge on any atom is -0.380 e. The molecule has 7 heteroatoms. The number of aromatic nitrogens is 3. The molecule has 1 amide bonds. The highest BCUT2D eigenvalue weighted by molar-refractivity contribution is 5.90. The lowest BCUT2D eigenvalue weighted by Gasteiger charge is -2.39. The minimum absolute atomic E-state index is 0.0678. The van der Waals surface area contributed by atoms with Gasteiger partial charge >= 0.3 is 0 Å². The number of H-pyrrole nitrogens is 1. The summed E-state index contributed by atoms with van der Waals surface area (Å²) < 4.78 is 5.75. The van der Waals surface area contributed by atoms with Gasteiger partial charge in [0.1, 0.15) is 6.33 Å². The zero-order valence-electron chi connectivity index (χ0n) is 14.2. The van der Waals surface area contributed by atoms with E-state index in [1.807, 2.05) is 4.90 Å². The van der Waals surface area contributed by atoms with Gasteiger partial charge in [0.25, 0.3) is 5.91 Å². The topological polar surface area (TPSA) is 74.4 Å². The molecular formula is C18H23N5O2. The monoisotopic (exact) mass is 341 g/mol. The molecule has 1 atom stereocenters. The van der Waals surface area contributed by atoms with Gasteiger partial charge in [0.05, 0.1) is 6.61 Å². The standard InChI is InChI=1S/C18H23N5O2/c24-17(16-19-14-20-21-16)23-9-7-22(8-10-23)12-18(6-11-25-13-18)15-4-2-1-3-5-15/h1-5,14H,6-13H2,(H,19,20,21)/t18-/m1/s1. The second-order valence-electron chi connectivity index (χ2n) is 6.85. The molecule has 0 saturated carbocycles. The Morgan fingerprint density at radius 3 is 2.64 bits per heavy atom. The second kappa shape index (κ2) is 6.93. The second-order valence-corrected chi connectivity index (χ2v) is 6.85. The van der Waals surface area contributed by atoms with Crippen LogP contribution in [0.2, 0.25) is 0 Å². The molecular weight excluding hydrogens is 318 g/mol. The Morgan fingerprint density at radius 2 is 2.00 bits per heavy atom. The summed E-state index contributed by atoms with van der Waals surface area (Å²) in [6.45, 7) is 5.73. The third-order valence-corrected chi connectivity index (χ3v) is 5.29. The van der Waals surface area contributed by atoms with Gasteiger partial charge in [-0.2, -0.15) is 5.10 Å². The fourth-order valence-corrected chi connectivity index (χ4v) is 3.84. The molecule has 0 aliphatic carbocycles. The van der Waals surface area contributed by atoms with Gasteiger partial charge in [-0.25, -0.2) is 4.98 Å². The Morgan fingerprint density at radius 1 is 1.20 bits per heavy atom. The van der Waals surface area contributed by atoms with Crippen molar-refractivity contribution in [1.82, 2.24) is 25.0 Å². The molecule has 2 saturated heterocycles. The van der Waals surface area contributed by atoms with Gasteiger partial charge in [-0.1, -0.05) is 30.3 Å². The van der Waals surface area contributed by atoms with Crippen molar-refractivity contribution in [3.05, 3.63) is 48.0 Å². The number of carbonyl (C=O) groups is 1. The van der Waals surface area contributed by atoms with Crippen LogP contribution in [-0.2, 0) is 10.2 Å². The van der Waals surface area contributed by atoms with Gasteiger partial charge in [-0.15, -0.1) is 0 Å². The number of piperazine rings is 1. The molecule has 0 bridgehead atoms. The molecule has 2 fully saturated rings. The van der Waals surface area contributed by atoms with Crippen LogP contribution in [0.5, 0.6) is 0 Å². The number of hydrogen-bond donors (Lipinski definition) is 1. The van der Waals surface area contributed by atoms with E-state index in [0.717, 1.165) is 39.3 Å². The molecule has 2 aromatic rings. The van der Waals surface area contributed by atoms with E-state index in [-0.39, 0.29) is 11.3 Å². The average molecular weight is 341 g/mol. The van der Waals surface area contributed by atoms with Crippen LogP contribution in [-0.4, -0.2) is 76.8 Å². The summed E-state index contributed by atoms with van der Waals surface area (Å²) in [5, 5.41) is 6.41. The molecule has 3 heterocycles. The fraction of sp³-hybridized carbons (Fsp3) is 0.500. The predicted octanol–water partition coefficient (Wildman–Crippen LogP) is 0.921. The molecule has 2 aliphatic heterocycles. The Bertz CT molecular complexity index is 690. The molecule has 0 unspecified atom stereocenters. The summed E-state index contributed by atoms with van der Waals surface area (Å²) in [6.07, 6.45) is 2.42. The summed E-state index contributed by atoms with van der Waals surface area (Å²) in [7, 11) is 0. The van der Waals surface area contributed by atoms with Crippen molar-refractivity contribution in [2.45, 2.75) is 11.8 Å². The number of benzene rings is 1. The molecule has 7 nitrogen and oxygen atoms in total. The van der Waals surface area contributed by atoms with E-state index in [0.29, 0.717) is 18.9 Å². The number of rotatable bonds is 4. The van der Waals surface area contributed by atoms with Gasteiger partial charge in [-0.3, -0.25) is 14.8 Å². The first-order valence-electron chi connectivity index (χ1n) is 8.77. The average Bonchev–Trinajstić information content (AvgIpc) is 3.35. The van der Waals surface area contributed by atoms with Crippen LogP contribution in [0.3, 0.4) is 0 Å². The van der Waals surface area contributed by atoms with E-state index in [1.165, 1.54) is 11.9 Å². The van der Waals surface area contributed by atoms with Gasteiger partial charge in [0.2, 0.25) is 5.82 Å². The van der Waals surface area contributed by atoms with E-state index in [1.54, 1.807) is 0 Å². The molecule has 25 heavy (non-hydrogen) atoms. The summed E-state index contributed by atoms with van der Waals surface area (Å²) in [6, 6.07) is 10.7. The SMILES string of the molecule is O=C(c1ncn[nH]1)N1CCN(C[C@]2(c3ccccc3)CCOC2)CC1. The van der Waals surface area contributed by atoms with Crippen LogP contribution in [0.15, 0.2) is 36.7 Å². The van der Waals surface area contributed by atoms with Crippen LogP contribution >= 0.6 is 0 Å². The summed E-state index contributed by atoms with van der Waals surface area (Å²) >= 11 is 0. The van der Waals surface area contributed by atoms with Crippen molar-refractivity contribution in [1.29, 1.82) is 0 Å². The molecule has 132 valence electrons. The van der Waals surface area contributed by atoms with E-state index in [9.17, 15) is 4.79 Å². The lowest BCUT2D eigenvalue weighted by molar-refractivity contribution is 0.0582. The molecule has 1 aromatic heterocycles. The molecule has 0 radical (unpaired) electrons. The van der Waals surface area contributed by atoms with Gasteiger partial charge in [0, 0.05) is 44.7 Å². The van der Waals surface area contributed by atoms with Crippen LogP contribution in [0.25, 0.3) is 0 Å². The Hall–Kier alpha value is -2.25. The fourth-order valence-electron chi connectivity index (χ4n) is 3.84. The number of ether oxygens (including phenoxy) is 1.